The largest absolute Gasteiger partial charge is 0.480 e. The summed E-state index contributed by atoms with van der Waals surface area (Å²) in [5.74, 6) is -1.26. The summed E-state index contributed by atoms with van der Waals surface area (Å²) in [7, 11) is 0. The smallest absolute Gasteiger partial charge is 0.407 e. The molecule has 2 aromatic rings. The van der Waals surface area contributed by atoms with Crippen molar-refractivity contribution in [2.24, 2.45) is 11.8 Å². The SMILES string of the molecule is CC[C@H](C)[C@H](NC(=O)C[C@H]1CC[C@@H](NC(=O)OCC2c3ccccc3-c3ccccc32)C1)C(=O)O. The Morgan fingerprint density at radius 3 is 2.26 bits per heavy atom. The topological polar surface area (TPSA) is 105 Å². The second-order valence-corrected chi connectivity index (χ2v) is 9.82. The van der Waals surface area contributed by atoms with Crippen molar-refractivity contribution in [3.63, 3.8) is 0 Å². The van der Waals surface area contributed by atoms with Crippen LogP contribution in [0.1, 0.15) is 63.0 Å². The minimum absolute atomic E-state index is 0.0147. The van der Waals surface area contributed by atoms with Gasteiger partial charge in [0.1, 0.15) is 12.6 Å². The number of ether oxygens (including phenoxy) is 1. The fraction of sp³-hybridized carbons (Fsp3) is 0.464. The minimum atomic E-state index is -1.01. The van der Waals surface area contributed by atoms with Gasteiger partial charge in [-0.3, -0.25) is 4.79 Å². The Morgan fingerprint density at radius 2 is 1.66 bits per heavy atom. The highest BCUT2D eigenvalue weighted by molar-refractivity contribution is 5.84. The van der Waals surface area contributed by atoms with Crippen LogP contribution < -0.4 is 10.6 Å². The highest BCUT2D eigenvalue weighted by atomic mass is 16.5. The van der Waals surface area contributed by atoms with Crippen molar-refractivity contribution in [2.45, 2.75) is 64.0 Å². The van der Waals surface area contributed by atoms with E-state index < -0.39 is 18.1 Å². The van der Waals surface area contributed by atoms with Crippen molar-refractivity contribution in [1.29, 1.82) is 0 Å². The number of fused-ring (bicyclic) bond motifs is 3. The molecule has 2 aliphatic carbocycles. The molecule has 35 heavy (non-hydrogen) atoms. The number of carbonyl (C=O) groups is 3. The van der Waals surface area contributed by atoms with Crippen LogP contribution in [0.3, 0.4) is 0 Å². The average molecular weight is 479 g/mol. The molecule has 186 valence electrons. The first-order chi connectivity index (χ1) is 16.9. The van der Waals surface area contributed by atoms with E-state index in [0.717, 1.165) is 12.8 Å². The fourth-order valence-electron chi connectivity index (χ4n) is 5.38. The third-order valence-corrected chi connectivity index (χ3v) is 7.48. The van der Waals surface area contributed by atoms with Gasteiger partial charge in [-0.15, -0.1) is 0 Å². The number of carbonyl (C=O) groups excluding carboxylic acids is 2. The van der Waals surface area contributed by atoms with Crippen molar-refractivity contribution in [1.82, 2.24) is 10.6 Å². The second-order valence-electron chi connectivity index (χ2n) is 9.82. The first-order valence-corrected chi connectivity index (χ1v) is 12.5. The molecule has 7 nitrogen and oxygen atoms in total. The van der Waals surface area contributed by atoms with E-state index in [1.807, 2.05) is 38.1 Å². The van der Waals surface area contributed by atoms with Gasteiger partial charge in [-0.1, -0.05) is 68.8 Å². The van der Waals surface area contributed by atoms with Crippen LogP contribution in [-0.2, 0) is 14.3 Å². The molecule has 0 unspecified atom stereocenters. The van der Waals surface area contributed by atoms with E-state index >= 15 is 0 Å². The lowest BCUT2D eigenvalue weighted by Gasteiger charge is -2.21. The van der Waals surface area contributed by atoms with E-state index in [1.54, 1.807) is 0 Å². The Morgan fingerprint density at radius 1 is 1.03 bits per heavy atom. The molecule has 1 fully saturated rings. The van der Waals surface area contributed by atoms with Gasteiger partial charge in [-0.2, -0.15) is 0 Å². The number of hydrogen-bond donors (Lipinski definition) is 3. The van der Waals surface area contributed by atoms with Gasteiger partial charge in [0.05, 0.1) is 0 Å². The van der Waals surface area contributed by atoms with Crippen LogP contribution in [0.5, 0.6) is 0 Å². The summed E-state index contributed by atoms with van der Waals surface area (Å²) in [6.07, 6.45) is 2.76. The van der Waals surface area contributed by atoms with Gasteiger partial charge in [0, 0.05) is 18.4 Å². The number of carboxylic acid groups (broad SMARTS) is 1. The molecule has 4 rings (SSSR count). The molecule has 0 heterocycles. The van der Waals surface area contributed by atoms with Crippen molar-refractivity contribution in [2.75, 3.05) is 6.61 Å². The predicted octanol–water partition coefficient (Wildman–Crippen LogP) is 4.70. The van der Waals surface area contributed by atoms with Gasteiger partial charge in [0.25, 0.3) is 0 Å². The van der Waals surface area contributed by atoms with Crippen molar-refractivity contribution < 1.29 is 24.2 Å². The molecule has 3 N–H and O–H groups in total. The van der Waals surface area contributed by atoms with Crippen LogP contribution in [0.4, 0.5) is 4.79 Å². The van der Waals surface area contributed by atoms with Gasteiger partial charge >= 0.3 is 12.1 Å². The molecular weight excluding hydrogens is 444 g/mol. The molecule has 0 saturated heterocycles. The van der Waals surface area contributed by atoms with Gasteiger partial charge < -0.3 is 20.5 Å². The van der Waals surface area contributed by atoms with Crippen molar-refractivity contribution in [3.05, 3.63) is 59.7 Å². The molecule has 0 bridgehead atoms. The van der Waals surface area contributed by atoms with Crippen LogP contribution >= 0.6 is 0 Å². The zero-order valence-corrected chi connectivity index (χ0v) is 20.3. The number of rotatable bonds is 9. The summed E-state index contributed by atoms with van der Waals surface area (Å²) in [5, 5.41) is 15.0. The second kappa shape index (κ2) is 10.9. The summed E-state index contributed by atoms with van der Waals surface area (Å²) in [5.41, 5.74) is 4.72. The maximum Gasteiger partial charge on any atom is 0.407 e. The predicted molar refractivity (Wildman–Crippen MR) is 133 cm³/mol. The van der Waals surface area contributed by atoms with Crippen LogP contribution in [0, 0.1) is 11.8 Å². The molecule has 1 saturated carbocycles. The Bertz CT molecular complexity index is 1040. The number of amides is 2. The molecule has 0 aromatic heterocycles. The molecule has 4 atom stereocenters. The monoisotopic (exact) mass is 478 g/mol. The lowest BCUT2D eigenvalue weighted by atomic mass is 9.98. The Labute approximate surface area is 206 Å². The standard InChI is InChI=1S/C28H34N2O5/c1-3-17(2)26(27(32)33)30-25(31)15-18-12-13-19(14-18)29-28(34)35-16-24-22-10-6-4-8-20(22)21-9-5-7-11-23(21)24/h4-11,17-19,24,26H,3,12-16H2,1-2H3,(H,29,34)(H,30,31)(H,32,33)/t17-,18-,19+,26-/m0/s1. The Balaban J connectivity index is 1.25. The summed E-state index contributed by atoms with van der Waals surface area (Å²) in [4.78, 5) is 36.4. The third kappa shape index (κ3) is 5.66. The first kappa shape index (κ1) is 24.8. The lowest BCUT2D eigenvalue weighted by Crippen LogP contribution is -2.45. The molecule has 2 aromatic carbocycles. The van der Waals surface area contributed by atoms with Crippen molar-refractivity contribution >= 4 is 18.0 Å². The zero-order chi connectivity index (χ0) is 24.9. The minimum Gasteiger partial charge on any atom is -0.480 e. The summed E-state index contributed by atoms with van der Waals surface area (Å²) < 4.78 is 5.64. The number of carboxylic acids is 1. The van der Waals surface area contributed by atoms with E-state index in [-0.39, 0.29) is 42.7 Å². The van der Waals surface area contributed by atoms with E-state index in [0.29, 0.717) is 12.8 Å². The normalized spacial score (nSPS) is 20.4. The van der Waals surface area contributed by atoms with Gasteiger partial charge in [0.2, 0.25) is 5.91 Å². The number of alkyl carbamates (subject to hydrolysis) is 1. The first-order valence-electron chi connectivity index (χ1n) is 12.5. The molecule has 0 spiro atoms. The molecular formula is C28H34N2O5. The lowest BCUT2D eigenvalue weighted by molar-refractivity contribution is -0.143. The summed E-state index contributed by atoms with van der Waals surface area (Å²) >= 11 is 0. The number of aliphatic carboxylic acids is 1. The Kier molecular flexibility index (Phi) is 7.73. The quantitative estimate of drug-likeness (QED) is 0.485. The van der Waals surface area contributed by atoms with Crippen molar-refractivity contribution in [3.8, 4) is 11.1 Å². The average Bonchev–Trinajstić information content (AvgIpc) is 3.42. The van der Waals surface area contributed by atoms with Crippen LogP contribution in [0.2, 0.25) is 0 Å². The highest BCUT2D eigenvalue weighted by Crippen LogP contribution is 2.44. The van der Waals surface area contributed by atoms with E-state index in [1.165, 1.54) is 22.3 Å². The highest BCUT2D eigenvalue weighted by Gasteiger charge is 2.32. The van der Waals surface area contributed by atoms with Gasteiger partial charge in [0.15, 0.2) is 0 Å². The molecule has 2 aliphatic rings. The summed E-state index contributed by atoms with van der Waals surface area (Å²) in [6.45, 7) is 4.00. The number of hydrogen-bond acceptors (Lipinski definition) is 4. The van der Waals surface area contributed by atoms with E-state index in [9.17, 15) is 19.5 Å². The van der Waals surface area contributed by atoms with E-state index in [4.69, 9.17) is 4.74 Å². The van der Waals surface area contributed by atoms with Gasteiger partial charge in [-0.25, -0.2) is 9.59 Å². The maximum atomic E-state index is 12.6. The summed E-state index contributed by atoms with van der Waals surface area (Å²) in [6, 6.07) is 15.5. The van der Waals surface area contributed by atoms with Crippen LogP contribution in [0.25, 0.3) is 11.1 Å². The number of nitrogens with one attached hydrogen (secondary N) is 2. The Hall–Kier alpha value is -3.35. The zero-order valence-electron chi connectivity index (χ0n) is 20.3. The van der Waals surface area contributed by atoms with Gasteiger partial charge in [-0.05, 0) is 53.4 Å². The maximum absolute atomic E-state index is 12.6. The molecule has 2 amide bonds. The molecule has 0 radical (unpaired) electrons. The third-order valence-electron chi connectivity index (χ3n) is 7.48. The van der Waals surface area contributed by atoms with E-state index in [2.05, 4.69) is 34.9 Å². The molecule has 0 aliphatic heterocycles. The molecule has 7 heteroatoms. The fourth-order valence-corrected chi connectivity index (χ4v) is 5.38. The van der Waals surface area contributed by atoms with Crippen LogP contribution in [-0.4, -0.2) is 41.8 Å². The van der Waals surface area contributed by atoms with Crippen LogP contribution in [0.15, 0.2) is 48.5 Å². The number of benzene rings is 2.